The number of nitrogens with zero attached hydrogens (tertiary/aromatic N) is 2. The van der Waals surface area contributed by atoms with Crippen molar-refractivity contribution in [3.8, 4) is 0 Å². The molecule has 1 saturated carbocycles. The molecule has 1 atom stereocenters. The van der Waals surface area contributed by atoms with E-state index in [9.17, 15) is 0 Å². The number of alkyl halides is 1. The topological polar surface area (TPSA) is 51.0 Å². The Bertz CT molecular complexity index is 320. The van der Waals surface area contributed by atoms with Crippen LogP contribution in [-0.4, -0.2) is 16.7 Å². The van der Waals surface area contributed by atoms with Gasteiger partial charge in [0.05, 0.1) is 0 Å². The summed E-state index contributed by atoms with van der Waals surface area (Å²) in [6.07, 6.45) is 2.54. The second-order valence-corrected chi connectivity index (χ2v) is 4.88. The van der Waals surface area contributed by atoms with Crippen LogP contribution in [0.15, 0.2) is 4.42 Å². The number of rotatable bonds is 4. The van der Waals surface area contributed by atoms with Gasteiger partial charge in [0.15, 0.2) is 0 Å². The lowest BCUT2D eigenvalue weighted by Gasteiger charge is -2.06. The molecule has 2 rings (SSSR count). The first kappa shape index (κ1) is 9.77. The van der Waals surface area contributed by atoms with Gasteiger partial charge < -0.3 is 9.73 Å². The van der Waals surface area contributed by atoms with Gasteiger partial charge in [-0.3, -0.25) is 0 Å². The number of hydrogen-bond acceptors (Lipinski definition) is 4. The molecule has 1 heterocycles. The molecule has 0 amide bonds. The maximum Gasteiger partial charge on any atom is 0.315 e. The van der Waals surface area contributed by atoms with Gasteiger partial charge in [0, 0.05) is 6.54 Å². The molecule has 4 nitrogen and oxygen atoms in total. The first-order chi connectivity index (χ1) is 6.59. The second-order valence-electron chi connectivity index (χ2n) is 4.23. The highest BCUT2D eigenvalue weighted by Crippen LogP contribution is 2.44. The molecule has 0 radical (unpaired) electrons. The van der Waals surface area contributed by atoms with Crippen molar-refractivity contribution in [3.63, 3.8) is 0 Å². The molecule has 1 unspecified atom stereocenters. The molecule has 0 aromatic carbocycles. The van der Waals surface area contributed by atoms with E-state index in [2.05, 4.69) is 22.4 Å². The monoisotopic (exact) mass is 215 g/mol. The summed E-state index contributed by atoms with van der Waals surface area (Å²) in [5.41, 5.74) is 0.432. The smallest absolute Gasteiger partial charge is 0.315 e. The third-order valence-electron chi connectivity index (χ3n) is 2.55. The number of anilines is 1. The SMILES string of the molecule is CC(Cl)c1nnc(NCC2(C)CC2)o1. The largest absolute Gasteiger partial charge is 0.407 e. The third kappa shape index (κ3) is 2.18. The van der Waals surface area contributed by atoms with Gasteiger partial charge in [0.1, 0.15) is 5.38 Å². The normalized spacial score (nSPS) is 20.5. The van der Waals surface area contributed by atoms with E-state index >= 15 is 0 Å². The van der Waals surface area contributed by atoms with E-state index in [1.165, 1.54) is 12.8 Å². The summed E-state index contributed by atoms with van der Waals surface area (Å²) >= 11 is 5.79. The Morgan fingerprint density at radius 1 is 1.57 bits per heavy atom. The first-order valence-corrected chi connectivity index (χ1v) is 5.24. The number of aromatic nitrogens is 2. The standard InChI is InChI=1S/C9H14ClN3O/c1-6(10)7-12-13-8(14-7)11-5-9(2)3-4-9/h6H,3-5H2,1-2H3,(H,11,13). The van der Waals surface area contributed by atoms with Gasteiger partial charge >= 0.3 is 6.01 Å². The molecule has 78 valence electrons. The Morgan fingerprint density at radius 2 is 2.29 bits per heavy atom. The lowest BCUT2D eigenvalue weighted by atomic mass is 10.1. The zero-order valence-corrected chi connectivity index (χ0v) is 9.14. The van der Waals surface area contributed by atoms with Crippen molar-refractivity contribution >= 4 is 17.6 Å². The average Bonchev–Trinajstić information content (AvgIpc) is 2.68. The number of hydrogen-bond donors (Lipinski definition) is 1. The minimum atomic E-state index is -0.227. The van der Waals surface area contributed by atoms with E-state index in [-0.39, 0.29) is 5.38 Å². The molecule has 1 aromatic heterocycles. The van der Waals surface area contributed by atoms with Gasteiger partial charge in [-0.05, 0) is 25.2 Å². The summed E-state index contributed by atoms with van der Waals surface area (Å²) in [7, 11) is 0. The second kappa shape index (κ2) is 3.42. The Hall–Kier alpha value is -0.770. The van der Waals surface area contributed by atoms with Crippen LogP contribution in [0.5, 0.6) is 0 Å². The van der Waals surface area contributed by atoms with Crippen molar-refractivity contribution in [1.82, 2.24) is 10.2 Å². The van der Waals surface area contributed by atoms with Crippen LogP contribution in [0.2, 0.25) is 0 Å². The average molecular weight is 216 g/mol. The van der Waals surface area contributed by atoms with Gasteiger partial charge in [-0.1, -0.05) is 12.0 Å². The van der Waals surface area contributed by atoms with Crippen molar-refractivity contribution in [3.05, 3.63) is 5.89 Å². The van der Waals surface area contributed by atoms with Crippen LogP contribution >= 0.6 is 11.6 Å². The minimum Gasteiger partial charge on any atom is -0.407 e. The van der Waals surface area contributed by atoms with Crippen molar-refractivity contribution < 1.29 is 4.42 Å². The zero-order chi connectivity index (χ0) is 10.2. The lowest BCUT2D eigenvalue weighted by Crippen LogP contribution is -2.11. The summed E-state index contributed by atoms with van der Waals surface area (Å²) < 4.78 is 5.30. The van der Waals surface area contributed by atoms with Crippen LogP contribution in [0.1, 0.15) is 38.0 Å². The van der Waals surface area contributed by atoms with Gasteiger partial charge in [-0.15, -0.1) is 16.7 Å². The molecule has 1 aliphatic rings. The molecular formula is C9H14ClN3O. The fraction of sp³-hybridized carbons (Fsp3) is 0.778. The van der Waals surface area contributed by atoms with Gasteiger partial charge in [0.25, 0.3) is 0 Å². The van der Waals surface area contributed by atoms with Crippen LogP contribution in [0.4, 0.5) is 6.01 Å². The Labute approximate surface area is 88.0 Å². The summed E-state index contributed by atoms with van der Waals surface area (Å²) in [6, 6.07) is 0.473. The quantitative estimate of drug-likeness (QED) is 0.785. The molecular weight excluding hydrogens is 202 g/mol. The molecule has 0 aliphatic heterocycles. The third-order valence-corrected chi connectivity index (χ3v) is 2.74. The van der Waals surface area contributed by atoms with E-state index in [0.29, 0.717) is 17.3 Å². The Balaban J connectivity index is 1.90. The van der Waals surface area contributed by atoms with Crippen molar-refractivity contribution in [1.29, 1.82) is 0 Å². The van der Waals surface area contributed by atoms with Crippen LogP contribution in [0.25, 0.3) is 0 Å². The molecule has 0 bridgehead atoms. The predicted molar refractivity (Wildman–Crippen MR) is 54.4 cm³/mol. The molecule has 5 heteroatoms. The first-order valence-electron chi connectivity index (χ1n) is 4.80. The van der Waals surface area contributed by atoms with Crippen molar-refractivity contribution in [2.24, 2.45) is 5.41 Å². The lowest BCUT2D eigenvalue weighted by molar-refractivity contribution is 0.497. The van der Waals surface area contributed by atoms with E-state index < -0.39 is 0 Å². The molecule has 0 saturated heterocycles. The minimum absolute atomic E-state index is 0.227. The Morgan fingerprint density at radius 3 is 2.79 bits per heavy atom. The van der Waals surface area contributed by atoms with Crippen LogP contribution < -0.4 is 5.32 Å². The van der Waals surface area contributed by atoms with E-state index in [0.717, 1.165) is 6.54 Å². The summed E-state index contributed by atoms with van der Waals surface area (Å²) in [6.45, 7) is 4.94. The zero-order valence-electron chi connectivity index (χ0n) is 8.38. The fourth-order valence-corrected chi connectivity index (χ4v) is 1.23. The van der Waals surface area contributed by atoms with Crippen LogP contribution in [-0.2, 0) is 0 Å². The predicted octanol–water partition coefficient (Wildman–Crippen LogP) is 2.58. The maximum atomic E-state index is 5.79. The molecule has 0 spiro atoms. The highest BCUT2D eigenvalue weighted by molar-refractivity contribution is 6.20. The van der Waals surface area contributed by atoms with E-state index in [4.69, 9.17) is 16.0 Å². The molecule has 1 aromatic rings. The van der Waals surface area contributed by atoms with Gasteiger partial charge in [-0.25, -0.2) is 0 Å². The van der Waals surface area contributed by atoms with Crippen molar-refractivity contribution in [2.75, 3.05) is 11.9 Å². The van der Waals surface area contributed by atoms with Gasteiger partial charge in [0.2, 0.25) is 5.89 Å². The fourth-order valence-electron chi connectivity index (χ4n) is 1.15. The molecule has 1 aliphatic carbocycles. The molecule has 1 fully saturated rings. The highest BCUT2D eigenvalue weighted by Gasteiger charge is 2.37. The van der Waals surface area contributed by atoms with Crippen molar-refractivity contribution in [2.45, 2.75) is 32.1 Å². The highest BCUT2D eigenvalue weighted by atomic mass is 35.5. The summed E-state index contributed by atoms with van der Waals surface area (Å²) in [5, 5.41) is 10.6. The maximum absolute atomic E-state index is 5.79. The summed E-state index contributed by atoms with van der Waals surface area (Å²) in [5.74, 6) is 0.468. The molecule has 1 N–H and O–H groups in total. The van der Waals surface area contributed by atoms with Crippen LogP contribution in [0, 0.1) is 5.41 Å². The number of halogens is 1. The van der Waals surface area contributed by atoms with E-state index in [1.807, 2.05) is 0 Å². The van der Waals surface area contributed by atoms with Crippen LogP contribution in [0.3, 0.4) is 0 Å². The number of nitrogens with one attached hydrogen (secondary N) is 1. The Kier molecular flexibility index (Phi) is 2.39. The molecule has 14 heavy (non-hydrogen) atoms. The summed E-state index contributed by atoms with van der Waals surface area (Å²) in [4.78, 5) is 0. The van der Waals surface area contributed by atoms with E-state index in [1.54, 1.807) is 6.92 Å². The van der Waals surface area contributed by atoms with Gasteiger partial charge in [-0.2, -0.15) is 0 Å².